The first-order valence-electron chi connectivity index (χ1n) is 5.87. The van der Waals surface area contributed by atoms with Gasteiger partial charge in [0.1, 0.15) is 6.61 Å². The Morgan fingerprint density at radius 3 is 2.35 bits per heavy atom. The van der Waals surface area contributed by atoms with E-state index in [1.807, 2.05) is 6.07 Å². The Kier molecular flexibility index (Phi) is 7.91. The van der Waals surface area contributed by atoms with Crippen LogP contribution in [0.1, 0.15) is 25.8 Å². The predicted molar refractivity (Wildman–Crippen MR) is 70.8 cm³/mol. The predicted octanol–water partition coefficient (Wildman–Crippen LogP) is 3.28. The van der Waals surface area contributed by atoms with Gasteiger partial charge in [-0.3, -0.25) is 4.79 Å². The molecule has 0 saturated carbocycles. The molecule has 0 amide bonds. The summed E-state index contributed by atoms with van der Waals surface area (Å²) < 4.78 is 41.5. The fourth-order valence-electron chi connectivity index (χ4n) is 1.60. The Labute approximate surface area is 116 Å². The van der Waals surface area contributed by atoms with Crippen LogP contribution in [0.2, 0.25) is 0 Å². The molecule has 1 rings (SSSR count). The maximum atomic E-state index is 12.2. The number of rotatable bonds is 6. The molecular formula is C14H20F3NO2. The van der Waals surface area contributed by atoms with E-state index in [9.17, 15) is 18.0 Å². The smallest absolute Gasteiger partial charge is 0.389 e. The Morgan fingerprint density at radius 1 is 1.25 bits per heavy atom. The number of ether oxygens (including phenoxy) is 1. The van der Waals surface area contributed by atoms with Crippen molar-refractivity contribution in [3.05, 3.63) is 35.9 Å². The zero-order valence-electron chi connectivity index (χ0n) is 10.3. The van der Waals surface area contributed by atoms with Crippen LogP contribution in [0.15, 0.2) is 30.3 Å². The molecule has 1 atom stereocenters. The SMILES string of the molecule is C.NCC(CC(=O)OCc1ccccc1)CC(F)(F)F. The van der Waals surface area contributed by atoms with Gasteiger partial charge in [0.2, 0.25) is 0 Å². The highest BCUT2D eigenvalue weighted by atomic mass is 19.4. The van der Waals surface area contributed by atoms with E-state index in [2.05, 4.69) is 0 Å². The molecule has 0 heterocycles. The number of carbonyl (C=O) groups is 1. The van der Waals surface area contributed by atoms with Gasteiger partial charge in [-0.1, -0.05) is 37.8 Å². The molecule has 0 bridgehead atoms. The Bertz CT molecular complexity index is 393. The highest BCUT2D eigenvalue weighted by Gasteiger charge is 2.32. The fourth-order valence-corrected chi connectivity index (χ4v) is 1.60. The maximum Gasteiger partial charge on any atom is 0.389 e. The van der Waals surface area contributed by atoms with Crippen LogP contribution in [0, 0.1) is 5.92 Å². The van der Waals surface area contributed by atoms with Crippen LogP contribution < -0.4 is 5.73 Å². The minimum absolute atomic E-state index is 0. The number of nitrogens with two attached hydrogens (primary N) is 1. The van der Waals surface area contributed by atoms with Gasteiger partial charge >= 0.3 is 12.1 Å². The molecular weight excluding hydrogens is 271 g/mol. The molecule has 114 valence electrons. The molecule has 0 radical (unpaired) electrons. The molecule has 1 aromatic carbocycles. The second-order valence-electron chi connectivity index (χ2n) is 4.27. The first-order valence-corrected chi connectivity index (χ1v) is 5.87. The molecule has 0 fully saturated rings. The van der Waals surface area contributed by atoms with Crippen molar-refractivity contribution in [2.24, 2.45) is 11.7 Å². The first kappa shape index (κ1) is 18.4. The van der Waals surface area contributed by atoms with Crippen LogP contribution in [0.5, 0.6) is 0 Å². The van der Waals surface area contributed by atoms with Crippen LogP contribution in [0.25, 0.3) is 0 Å². The van der Waals surface area contributed by atoms with Gasteiger partial charge in [0.25, 0.3) is 0 Å². The molecule has 20 heavy (non-hydrogen) atoms. The van der Waals surface area contributed by atoms with E-state index in [0.717, 1.165) is 5.56 Å². The van der Waals surface area contributed by atoms with Gasteiger partial charge in [-0.05, 0) is 18.0 Å². The largest absolute Gasteiger partial charge is 0.461 e. The summed E-state index contributed by atoms with van der Waals surface area (Å²) in [5.74, 6) is -1.59. The third kappa shape index (κ3) is 7.78. The van der Waals surface area contributed by atoms with E-state index >= 15 is 0 Å². The maximum absolute atomic E-state index is 12.2. The summed E-state index contributed by atoms with van der Waals surface area (Å²) in [6.45, 7) is -0.136. The Hall–Kier alpha value is -1.56. The van der Waals surface area contributed by atoms with E-state index < -0.39 is 24.5 Å². The lowest BCUT2D eigenvalue weighted by Crippen LogP contribution is -2.25. The average Bonchev–Trinajstić information content (AvgIpc) is 2.35. The zero-order valence-corrected chi connectivity index (χ0v) is 10.3. The molecule has 1 aromatic rings. The van der Waals surface area contributed by atoms with E-state index in [0.29, 0.717) is 0 Å². The highest BCUT2D eigenvalue weighted by Crippen LogP contribution is 2.26. The lowest BCUT2D eigenvalue weighted by atomic mass is 10.0. The lowest BCUT2D eigenvalue weighted by Gasteiger charge is -2.15. The molecule has 0 saturated heterocycles. The molecule has 0 aliphatic rings. The number of carbonyl (C=O) groups excluding carboxylic acids is 1. The van der Waals surface area contributed by atoms with Crippen molar-refractivity contribution in [1.82, 2.24) is 0 Å². The molecule has 1 unspecified atom stereocenters. The summed E-state index contributed by atoms with van der Waals surface area (Å²) in [5, 5.41) is 0. The second kappa shape index (κ2) is 8.58. The molecule has 0 aliphatic heterocycles. The molecule has 3 nitrogen and oxygen atoms in total. The third-order valence-electron chi connectivity index (χ3n) is 2.55. The second-order valence-corrected chi connectivity index (χ2v) is 4.27. The first-order chi connectivity index (χ1) is 8.90. The number of hydrogen-bond acceptors (Lipinski definition) is 3. The van der Waals surface area contributed by atoms with Crippen molar-refractivity contribution in [2.45, 2.75) is 33.1 Å². The van der Waals surface area contributed by atoms with E-state index in [-0.39, 0.29) is 27.0 Å². The van der Waals surface area contributed by atoms with Crippen LogP contribution in [-0.2, 0) is 16.1 Å². The summed E-state index contributed by atoms with van der Waals surface area (Å²) in [6.07, 6.45) is -5.70. The van der Waals surface area contributed by atoms with Crippen LogP contribution >= 0.6 is 0 Å². The zero-order chi connectivity index (χ0) is 14.3. The summed E-state index contributed by atoms with van der Waals surface area (Å²) in [7, 11) is 0. The number of alkyl halides is 3. The molecule has 0 spiro atoms. The van der Waals surface area contributed by atoms with Gasteiger partial charge in [0.05, 0.1) is 0 Å². The van der Waals surface area contributed by atoms with Crippen LogP contribution in [0.3, 0.4) is 0 Å². The topological polar surface area (TPSA) is 52.3 Å². The standard InChI is InChI=1S/C13H16F3NO2.CH4/c14-13(15,16)7-11(8-17)6-12(18)19-9-10-4-2-1-3-5-10;/h1-5,11H,6-9,17H2;1H4. The summed E-state index contributed by atoms with van der Waals surface area (Å²) >= 11 is 0. The van der Waals surface area contributed by atoms with Gasteiger partial charge in [-0.2, -0.15) is 13.2 Å². The minimum atomic E-state index is -4.32. The summed E-state index contributed by atoms with van der Waals surface area (Å²) in [6, 6.07) is 8.93. The normalized spacial score (nSPS) is 12.4. The van der Waals surface area contributed by atoms with Crippen molar-refractivity contribution in [3.8, 4) is 0 Å². The van der Waals surface area contributed by atoms with E-state index in [4.69, 9.17) is 10.5 Å². The minimum Gasteiger partial charge on any atom is -0.461 e. The van der Waals surface area contributed by atoms with Crippen molar-refractivity contribution in [1.29, 1.82) is 0 Å². The van der Waals surface area contributed by atoms with Crippen molar-refractivity contribution in [2.75, 3.05) is 6.54 Å². The van der Waals surface area contributed by atoms with Gasteiger partial charge in [0.15, 0.2) is 0 Å². The van der Waals surface area contributed by atoms with E-state index in [1.54, 1.807) is 24.3 Å². The highest BCUT2D eigenvalue weighted by molar-refractivity contribution is 5.69. The number of hydrogen-bond donors (Lipinski definition) is 1. The van der Waals surface area contributed by atoms with Gasteiger partial charge in [-0.25, -0.2) is 0 Å². The average molecular weight is 291 g/mol. The van der Waals surface area contributed by atoms with Gasteiger partial charge in [0, 0.05) is 12.8 Å². The quantitative estimate of drug-likeness (QED) is 0.818. The van der Waals surface area contributed by atoms with Crippen molar-refractivity contribution < 1.29 is 22.7 Å². The Balaban J connectivity index is 0.00000361. The number of benzene rings is 1. The van der Waals surface area contributed by atoms with E-state index in [1.165, 1.54) is 0 Å². The molecule has 0 aliphatic carbocycles. The molecule has 6 heteroatoms. The van der Waals surface area contributed by atoms with Crippen molar-refractivity contribution in [3.63, 3.8) is 0 Å². The monoisotopic (exact) mass is 291 g/mol. The molecule has 2 N–H and O–H groups in total. The third-order valence-corrected chi connectivity index (χ3v) is 2.55. The fraction of sp³-hybridized carbons (Fsp3) is 0.500. The lowest BCUT2D eigenvalue weighted by molar-refractivity contribution is -0.154. The van der Waals surface area contributed by atoms with Crippen LogP contribution in [0.4, 0.5) is 13.2 Å². The number of esters is 1. The van der Waals surface area contributed by atoms with Crippen molar-refractivity contribution >= 4 is 5.97 Å². The van der Waals surface area contributed by atoms with Gasteiger partial charge in [-0.15, -0.1) is 0 Å². The summed E-state index contributed by atoms with van der Waals surface area (Å²) in [4.78, 5) is 11.4. The van der Waals surface area contributed by atoms with Crippen LogP contribution in [-0.4, -0.2) is 18.7 Å². The summed E-state index contributed by atoms with van der Waals surface area (Å²) in [5.41, 5.74) is 6.02. The molecule has 0 aromatic heterocycles. The van der Waals surface area contributed by atoms with Gasteiger partial charge < -0.3 is 10.5 Å². The number of halogens is 3. The Morgan fingerprint density at radius 2 is 1.85 bits per heavy atom.